The average molecular weight is 404 g/mol. The SMILES string of the molecule is COc1ccc(/C=C/C(=O)OCC(=O)Nc2ccc(Br)c(C)c2)cc1. The van der Waals surface area contributed by atoms with Crippen molar-refractivity contribution in [2.45, 2.75) is 6.92 Å². The number of hydrogen-bond acceptors (Lipinski definition) is 4. The van der Waals surface area contributed by atoms with Crippen LogP contribution in [-0.4, -0.2) is 25.6 Å². The van der Waals surface area contributed by atoms with Gasteiger partial charge in [-0.1, -0.05) is 28.1 Å². The van der Waals surface area contributed by atoms with Crippen LogP contribution in [0.4, 0.5) is 5.69 Å². The molecule has 1 amide bonds. The molecule has 0 unspecified atom stereocenters. The first-order valence-electron chi connectivity index (χ1n) is 7.53. The van der Waals surface area contributed by atoms with E-state index in [0.29, 0.717) is 5.69 Å². The van der Waals surface area contributed by atoms with Gasteiger partial charge in [0.1, 0.15) is 5.75 Å². The maximum Gasteiger partial charge on any atom is 0.331 e. The van der Waals surface area contributed by atoms with E-state index in [1.807, 2.05) is 31.2 Å². The molecule has 0 aromatic heterocycles. The van der Waals surface area contributed by atoms with Crippen molar-refractivity contribution in [1.29, 1.82) is 0 Å². The minimum atomic E-state index is -0.585. The number of carbonyl (C=O) groups excluding carboxylic acids is 2. The van der Waals surface area contributed by atoms with E-state index in [2.05, 4.69) is 21.2 Å². The summed E-state index contributed by atoms with van der Waals surface area (Å²) < 4.78 is 10.9. The summed E-state index contributed by atoms with van der Waals surface area (Å²) in [6.45, 7) is 1.57. The van der Waals surface area contributed by atoms with Crippen LogP contribution in [0, 0.1) is 6.92 Å². The molecular formula is C19H18BrNO4. The number of halogens is 1. The molecular weight excluding hydrogens is 386 g/mol. The summed E-state index contributed by atoms with van der Waals surface area (Å²) in [6.07, 6.45) is 2.89. The Hall–Kier alpha value is -2.60. The third-order valence-electron chi connectivity index (χ3n) is 3.31. The van der Waals surface area contributed by atoms with Gasteiger partial charge in [0.15, 0.2) is 6.61 Å². The summed E-state index contributed by atoms with van der Waals surface area (Å²) in [7, 11) is 1.59. The highest BCUT2D eigenvalue weighted by Crippen LogP contribution is 2.19. The van der Waals surface area contributed by atoms with E-state index in [1.54, 1.807) is 31.4 Å². The molecule has 0 aliphatic heterocycles. The number of hydrogen-bond donors (Lipinski definition) is 1. The average Bonchev–Trinajstić information content (AvgIpc) is 2.61. The van der Waals surface area contributed by atoms with Gasteiger partial charge in [0, 0.05) is 16.2 Å². The second kappa shape index (κ2) is 9.03. The Morgan fingerprint density at radius 1 is 1.16 bits per heavy atom. The van der Waals surface area contributed by atoms with E-state index in [9.17, 15) is 9.59 Å². The van der Waals surface area contributed by atoms with Crippen LogP contribution in [0.2, 0.25) is 0 Å². The van der Waals surface area contributed by atoms with E-state index >= 15 is 0 Å². The summed E-state index contributed by atoms with van der Waals surface area (Å²) in [4.78, 5) is 23.5. The number of nitrogens with one attached hydrogen (secondary N) is 1. The minimum absolute atomic E-state index is 0.346. The first-order valence-corrected chi connectivity index (χ1v) is 8.32. The zero-order valence-electron chi connectivity index (χ0n) is 13.9. The predicted molar refractivity (Wildman–Crippen MR) is 100 cm³/mol. The predicted octanol–water partition coefficient (Wildman–Crippen LogP) is 3.96. The highest BCUT2D eigenvalue weighted by atomic mass is 79.9. The Kier molecular flexibility index (Phi) is 6.77. The molecule has 0 fully saturated rings. The Bertz CT molecular complexity index is 785. The van der Waals surface area contributed by atoms with E-state index in [4.69, 9.17) is 9.47 Å². The molecule has 1 N–H and O–H groups in total. The van der Waals surface area contributed by atoms with Gasteiger partial charge < -0.3 is 14.8 Å². The zero-order chi connectivity index (χ0) is 18.2. The van der Waals surface area contributed by atoms with Gasteiger partial charge in [-0.3, -0.25) is 4.79 Å². The normalized spacial score (nSPS) is 10.5. The number of carbonyl (C=O) groups is 2. The molecule has 0 atom stereocenters. The summed E-state index contributed by atoms with van der Waals surface area (Å²) in [5, 5.41) is 2.68. The van der Waals surface area contributed by atoms with Crippen LogP contribution in [-0.2, 0) is 14.3 Å². The van der Waals surface area contributed by atoms with Crippen molar-refractivity contribution >= 4 is 39.6 Å². The standard InChI is InChI=1S/C19H18BrNO4/c1-13-11-15(6-9-17(13)20)21-18(22)12-25-19(23)10-5-14-3-7-16(24-2)8-4-14/h3-11H,12H2,1-2H3,(H,21,22)/b10-5+. The fraction of sp³-hybridized carbons (Fsp3) is 0.158. The van der Waals surface area contributed by atoms with E-state index in [-0.39, 0.29) is 6.61 Å². The number of ether oxygens (including phenoxy) is 2. The molecule has 0 aliphatic rings. The molecule has 0 heterocycles. The van der Waals surface area contributed by atoms with Gasteiger partial charge in [0.25, 0.3) is 5.91 Å². The number of methoxy groups -OCH3 is 1. The van der Waals surface area contributed by atoms with Crippen LogP contribution in [0.5, 0.6) is 5.75 Å². The van der Waals surface area contributed by atoms with E-state index in [0.717, 1.165) is 21.3 Å². The van der Waals surface area contributed by atoms with Crippen molar-refractivity contribution in [2.75, 3.05) is 19.0 Å². The van der Waals surface area contributed by atoms with Crippen LogP contribution in [0.1, 0.15) is 11.1 Å². The van der Waals surface area contributed by atoms with Crippen molar-refractivity contribution in [1.82, 2.24) is 0 Å². The van der Waals surface area contributed by atoms with Crippen LogP contribution in [0.15, 0.2) is 53.0 Å². The van der Waals surface area contributed by atoms with E-state index < -0.39 is 11.9 Å². The van der Waals surface area contributed by atoms with Crippen molar-refractivity contribution in [3.05, 3.63) is 64.1 Å². The molecule has 130 valence electrons. The lowest BCUT2D eigenvalue weighted by atomic mass is 10.2. The van der Waals surface area contributed by atoms with Gasteiger partial charge in [0.05, 0.1) is 7.11 Å². The van der Waals surface area contributed by atoms with Gasteiger partial charge >= 0.3 is 5.97 Å². The number of anilines is 1. The third-order valence-corrected chi connectivity index (χ3v) is 4.20. The van der Waals surface area contributed by atoms with E-state index in [1.165, 1.54) is 6.08 Å². The van der Waals surface area contributed by atoms with Gasteiger partial charge in [-0.25, -0.2) is 4.79 Å². The van der Waals surface area contributed by atoms with Crippen molar-refractivity contribution in [3.63, 3.8) is 0 Å². The molecule has 5 nitrogen and oxygen atoms in total. The molecule has 0 aliphatic carbocycles. The molecule has 2 aromatic carbocycles. The van der Waals surface area contributed by atoms with Crippen molar-refractivity contribution < 1.29 is 19.1 Å². The Morgan fingerprint density at radius 2 is 1.88 bits per heavy atom. The lowest BCUT2D eigenvalue weighted by Gasteiger charge is -2.07. The summed E-state index contributed by atoms with van der Waals surface area (Å²) >= 11 is 3.39. The Labute approximate surface area is 154 Å². The molecule has 2 aromatic rings. The highest BCUT2D eigenvalue weighted by Gasteiger charge is 2.06. The lowest BCUT2D eigenvalue weighted by molar-refractivity contribution is -0.142. The first-order chi connectivity index (χ1) is 12.0. The molecule has 0 spiro atoms. The number of rotatable bonds is 6. The highest BCUT2D eigenvalue weighted by molar-refractivity contribution is 9.10. The number of aryl methyl sites for hydroxylation is 1. The maximum absolute atomic E-state index is 11.8. The van der Waals surface area contributed by atoms with Crippen LogP contribution in [0.3, 0.4) is 0 Å². The van der Waals surface area contributed by atoms with Crippen molar-refractivity contribution in [3.8, 4) is 5.75 Å². The molecule has 25 heavy (non-hydrogen) atoms. The molecule has 0 saturated heterocycles. The lowest BCUT2D eigenvalue weighted by Crippen LogP contribution is -2.20. The number of amides is 1. The van der Waals surface area contributed by atoms with Gasteiger partial charge in [-0.05, 0) is 54.5 Å². The van der Waals surface area contributed by atoms with Gasteiger partial charge in [0.2, 0.25) is 0 Å². The largest absolute Gasteiger partial charge is 0.497 e. The van der Waals surface area contributed by atoms with Crippen LogP contribution < -0.4 is 10.1 Å². The zero-order valence-corrected chi connectivity index (χ0v) is 15.5. The van der Waals surface area contributed by atoms with Gasteiger partial charge in [-0.15, -0.1) is 0 Å². The summed E-state index contributed by atoms with van der Waals surface area (Å²) in [5.74, 6) is -0.245. The third kappa shape index (κ3) is 6.08. The second-order valence-electron chi connectivity index (χ2n) is 5.23. The molecule has 0 saturated carbocycles. The number of benzene rings is 2. The van der Waals surface area contributed by atoms with Crippen LogP contribution >= 0.6 is 15.9 Å². The smallest absolute Gasteiger partial charge is 0.331 e. The fourth-order valence-corrected chi connectivity index (χ4v) is 2.23. The fourth-order valence-electron chi connectivity index (χ4n) is 1.98. The first kappa shape index (κ1) is 18.7. The topological polar surface area (TPSA) is 64.6 Å². The summed E-state index contributed by atoms with van der Waals surface area (Å²) in [6, 6.07) is 12.6. The number of esters is 1. The maximum atomic E-state index is 11.8. The quantitative estimate of drug-likeness (QED) is 0.585. The molecule has 0 bridgehead atoms. The molecule has 2 rings (SSSR count). The summed E-state index contributed by atoms with van der Waals surface area (Å²) in [5.41, 5.74) is 2.47. The second-order valence-corrected chi connectivity index (χ2v) is 6.08. The van der Waals surface area contributed by atoms with Gasteiger partial charge in [-0.2, -0.15) is 0 Å². The Balaban J connectivity index is 1.81. The monoisotopic (exact) mass is 403 g/mol. The Morgan fingerprint density at radius 3 is 2.52 bits per heavy atom. The van der Waals surface area contributed by atoms with Crippen LogP contribution in [0.25, 0.3) is 6.08 Å². The minimum Gasteiger partial charge on any atom is -0.497 e. The molecule has 0 radical (unpaired) electrons. The van der Waals surface area contributed by atoms with Crippen molar-refractivity contribution in [2.24, 2.45) is 0 Å². The molecule has 6 heteroatoms.